The number of rotatable bonds is 7. The van der Waals surface area contributed by atoms with Crippen LogP contribution in [0, 0.1) is 12.7 Å². The molecular weight excluding hydrogens is 449 g/mol. The van der Waals surface area contributed by atoms with Crippen molar-refractivity contribution in [3.63, 3.8) is 0 Å². The lowest BCUT2D eigenvalue weighted by Crippen LogP contribution is -2.42. The Morgan fingerprint density at radius 1 is 1.15 bits per heavy atom. The second-order valence-corrected chi connectivity index (χ2v) is 10.3. The molecule has 0 N–H and O–H groups in total. The second kappa shape index (κ2) is 10.0. The van der Waals surface area contributed by atoms with E-state index in [-0.39, 0.29) is 35.2 Å². The summed E-state index contributed by atoms with van der Waals surface area (Å²) in [5, 5.41) is 0.132. The van der Waals surface area contributed by atoms with Gasteiger partial charge in [-0.3, -0.25) is 4.21 Å². The van der Waals surface area contributed by atoms with E-state index >= 15 is 0 Å². The summed E-state index contributed by atoms with van der Waals surface area (Å²) in [5.74, 6) is -0.0538. The summed E-state index contributed by atoms with van der Waals surface area (Å²) in [7, 11) is -1.18. The monoisotopic (exact) mass is 477 g/mol. The van der Waals surface area contributed by atoms with Crippen LogP contribution in [0.5, 0.6) is 17.5 Å². The van der Waals surface area contributed by atoms with Gasteiger partial charge in [-0.25, -0.2) is 19.2 Å². The van der Waals surface area contributed by atoms with Crippen LogP contribution in [0.3, 0.4) is 0 Å². The number of carbonyl (C=O) groups is 1. The van der Waals surface area contributed by atoms with Crippen LogP contribution in [0.4, 0.5) is 9.18 Å². The van der Waals surface area contributed by atoms with E-state index in [4.69, 9.17) is 14.2 Å². The van der Waals surface area contributed by atoms with Crippen LogP contribution in [0.25, 0.3) is 0 Å². The maximum absolute atomic E-state index is 14.6. The summed E-state index contributed by atoms with van der Waals surface area (Å²) in [6.45, 7) is 6.45. The number of hydrogen-bond acceptors (Lipinski definition) is 7. The Morgan fingerprint density at radius 2 is 1.85 bits per heavy atom. The number of halogens is 1. The van der Waals surface area contributed by atoms with Crippen LogP contribution in [-0.2, 0) is 15.5 Å². The molecule has 0 bridgehead atoms. The zero-order valence-corrected chi connectivity index (χ0v) is 19.8. The third-order valence-corrected chi connectivity index (χ3v) is 7.27. The van der Waals surface area contributed by atoms with Crippen molar-refractivity contribution in [1.29, 1.82) is 0 Å². The van der Waals surface area contributed by atoms with Crippen molar-refractivity contribution in [2.45, 2.75) is 68.8 Å². The predicted octanol–water partition coefficient (Wildman–Crippen LogP) is 4.37. The lowest BCUT2D eigenvalue weighted by atomic mass is 10.1. The summed E-state index contributed by atoms with van der Waals surface area (Å²) in [6.07, 6.45) is 3.82. The van der Waals surface area contributed by atoms with E-state index in [2.05, 4.69) is 9.97 Å². The first-order chi connectivity index (χ1) is 15.8. The molecule has 1 aliphatic heterocycles. The van der Waals surface area contributed by atoms with Gasteiger partial charge in [0.2, 0.25) is 11.8 Å². The van der Waals surface area contributed by atoms with Crippen LogP contribution in [-0.4, -0.2) is 55.7 Å². The number of piperidine rings is 1. The Hall–Kier alpha value is -2.75. The molecule has 8 nitrogen and oxygen atoms in total. The van der Waals surface area contributed by atoms with Crippen LogP contribution >= 0.6 is 0 Å². The molecule has 2 fully saturated rings. The van der Waals surface area contributed by atoms with Gasteiger partial charge in [-0.05, 0) is 51.8 Å². The quantitative estimate of drug-likeness (QED) is 0.585. The highest BCUT2D eigenvalue weighted by Crippen LogP contribution is 2.34. The van der Waals surface area contributed by atoms with E-state index in [1.54, 1.807) is 17.9 Å². The molecule has 4 rings (SSSR count). The van der Waals surface area contributed by atoms with Gasteiger partial charge in [0.15, 0.2) is 11.6 Å². The molecule has 2 aromatic rings. The molecule has 1 saturated carbocycles. The summed E-state index contributed by atoms with van der Waals surface area (Å²) in [4.78, 5) is 22.5. The summed E-state index contributed by atoms with van der Waals surface area (Å²) in [5.41, 5.74) is 0.546. The molecular formula is C23H28FN3O5S. The maximum atomic E-state index is 14.6. The average molecular weight is 478 g/mol. The van der Waals surface area contributed by atoms with Crippen molar-refractivity contribution in [2.75, 3.05) is 13.1 Å². The highest BCUT2D eigenvalue weighted by molar-refractivity contribution is 7.86. The third-order valence-electron chi connectivity index (χ3n) is 5.48. The molecule has 1 aliphatic carbocycles. The molecule has 0 radical (unpaired) electrons. The Morgan fingerprint density at radius 3 is 2.48 bits per heavy atom. The average Bonchev–Trinajstić information content (AvgIpc) is 3.63. The molecule has 1 unspecified atom stereocenters. The van der Waals surface area contributed by atoms with E-state index in [0.29, 0.717) is 42.3 Å². The van der Waals surface area contributed by atoms with Crippen LogP contribution in [0.1, 0.15) is 45.1 Å². The first kappa shape index (κ1) is 23.4. The van der Waals surface area contributed by atoms with E-state index in [9.17, 15) is 13.4 Å². The summed E-state index contributed by atoms with van der Waals surface area (Å²) < 4.78 is 43.8. The zero-order chi connectivity index (χ0) is 23.5. The van der Waals surface area contributed by atoms with Gasteiger partial charge in [0.05, 0.1) is 22.5 Å². The van der Waals surface area contributed by atoms with Crippen molar-refractivity contribution in [1.82, 2.24) is 14.9 Å². The van der Waals surface area contributed by atoms with Gasteiger partial charge in [0, 0.05) is 36.1 Å². The largest absolute Gasteiger partial charge is 0.474 e. The normalized spacial score (nSPS) is 17.7. The molecule has 10 heteroatoms. The lowest BCUT2D eigenvalue weighted by molar-refractivity contribution is 0.0505. The van der Waals surface area contributed by atoms with Gasteiger partial charge in [0.25, 0.3) is 0 Å². The fraction of sp³-hybridized carbons (Fsp3) is 0.522. The fourth-order valence-electron chi connectivity index (χ4n) is 3.50. The number of benzene rings is 1. The van der Waals surface area contributed by atoms with Crippen molar-refractivity contribution in [3.05, 3.63) is 35.9 Å². The standard InChI is InChI=1S/C23H28FN3O5S/c1-14(2)30-23(28)27-10-8-16(9-11-27)31-21-15(3)22(26-13-25-21)32-20-7-6-18(12-19(20)24)33(29)17-4-5-17/h6-7,12-14,16-17H,4-5,8-11H2,1-3H3. The lowest BCUT2D eigenvalue weighted by Gasteiger charge is -2.31. The Kier molecular flexibility index (Phi) is 7.11. The van der Waals surface area contributed by atoms with Gasteiger partial charge < -0.3 is 19.1 Å². The molecule has 2 heterocycles. The number of carbonyl (C=O) groups excluding carboxylic acids is 1. The number of hydrogen-bond donors (Lipinski definition) is 0. The summed E-state index contributed by atoms with van der Waals surface area (Å²) in [6, 6.07) is 4.35. The Bertz CT molecular complexity index is 1040. The first-order valence-electron chi connectivity index (χ1n) is 11.1. The van der Waals surface area contributed by atoms with Crippen LogP contribution in [0.2, 0.25) is 0 Å². The number of ether oxygens (including phenoxy) is 3. The number of likely N-dealkylation sites (tertiary alicyclic amines) is 1. The van der Waals surface area contributed by atoms with Gasteiger partial charge in [-0.1, -0.05) is 0 Å². The van der Waals surface area contributed by atoms with Crippen LogP contribution in [0.15, 0.2) is 29.4 Å². The Balaban J connectivity index is 1.38. The van der Waals surface area contributed by atoms with Crippen LogP contribution < -0.4 is 9.47 Å². The first-order valence-corrected chi connectivity index (χ1v) is 12.3. The Labute approximate surface area is 194 Å². The zero-order valence-electron chi connectivity index (χ0n) is 19.0. The van der Waals surface area contributed by atoms with E-state index < -0.39 is 16.6 Å². The fourth-order valence-corrected chi connectivity index (χ4v) is 4.87. The number of amides is 1. The number of aromatic nitrogens is 2. The molecule has 1 atom stereocenters. The predicted molar refractivity (Wildman–Crippen MR) is 120 cm³/mol. The third kappa shape index (κ3) is 5.79. The van der Waals surface area contributed by atoms with E-state index in [0.717, 1.165) is 12.8 Å². The van der Waals surface area contributed by atoms with Crippen molar-refractivity contribution >= 4 is 16.9 Å². The second-order valence-electron chi connectivity index (χ2n) is 8.54. The SMILES string of the molecule is Cc1c(Oc2ccc(S(=O)C3CC3)cc2F)ncnc1OC1CCN(C(=O)OC(C)C)CC1. The molecule has 0 spiro atoms. The molecule has 178 valence electrons. The molecule has 1 amide bonds. The van der Waals surface area contributed by atoms with Crippen molar-refractivity contribution in [2.24, 2.45) is 0 Å². The minimum absolute atomic E-state index is 0.00345. The van der Waals surface area contributed by atoms with Crippen molar-refractivity contribution < 1.29 is 27.6 Å². The molecule has 1 saturated heterocycles. The van der Waals surface area contributed by atoms with Gasteiger partial charge in [-0.2, -0.15) is 0 Å². The van der Waals surface area contributed by atoms with Crippen molar-refractivity contribution in [3.8, 4) is 17.5 Å². The topological polar surface area (TPSA) is 90.9 Å². The highest BCUT2D eigenvalue weighted by Gasteiger charge is 2.30. The number of nitrogens with zero attached hydrogens (tertiary/aromatic N) is 3. The van der Waals surface area contributed by atoms with E-state index in [1.807, 2.05) is 13.8 Å². The highest BCUT2D eigenvalue weighted by atomic mass is 32.2. The molecule has 2 aliphatic rings. The summed E-state index contributed by atoms with van der Waals surface area (Å²) >= 11 is 0. The van der Waals surface area contributed by atoms with Gasteiger partial charge in [0.1, 0.15) is 12.4 Å². The van der Waals surface area contributed by atoms with E-state index in [1.165, 1.54) is 18.5 Å². The molecule has 1 aromatic heterocycles. The molecule has 33 heavy (non-hydrogen) atoms. The minimum Gasteiger partial charge on any atom is -0.474 e. The van der Waals surface area contributed by atoms with Gasteiger partial charge >= 0.3 is 6.09 Å². The van der Waals surface area contributed by atoms with Gasteiger partial charge in [-0.15, -0.1) is 0 Å². The minimum atomic E-state index is -1.18. The smallest absolute Gasteiger partial charge is 0.410 e. The molecule has 1 aromatic carbocycles. The maximum Gasteiger partial charge on any atom is 0.410 e.